The molecular formula is C15H23N3O4S. The van der Waals surface area contributed by atoms with Crippen LogP contribution in [-0.2, 0) is 9.53 Å². The van der Waals surface area contributed by atoms with Crippen molar-refractivity contribution in [3.8, 4) is 0 Å². The fourth-order valence-electron chi connectivity index (χ4n) is 3.02. The Morgan fingerprint density at radius 3 is 2.78 bits per heavy atom. The SMILES string of the molecule is CC(C)[C@@H]1CC[C@@H](C)C[C@H]1OC(=O)CSc1n[nH]c(=O)[nH]c1=O. The Balaban J connectivity index is 1.92. The number of aromatic amines is 2. The highest BCUT2D eigenvalue weighted by atomic mass is 32.2. The van der Waals surface area contributed by atoms with Crippen molar-refractivity contribution in [3.05, 3.63) is 20.8 Å². The number of ether oxygens (including phenoxy) is 1. The summed E-state index contributed by atoms with van der Waals surface area (Å²) in [7, 11) is 0. The van der Waals surface area contributed by atoms with E-state index in [1.807, 2.05) is 0 Å². The molecule has 0 spiro atoms. The highest BCUT2D eigenvalue weighted by molar-refractivity contribution is 7.99. The molecule has 0 unspecified atom stereocenters. The van der Waals surface area contributed by atoms with Gasteiger partial charge in [-0.3, -0.25) is 14.6 Å². The maximum Gasteiger partial charge on any atom is 0.342 e. The molecule has 0 aromatic carbocycles. The number of nitrogens with one attached hydrogen (secondary N) is 2. The molecule has 8 heteroatoms. The number of rotatable bonds is 5. The monoisotopic (exact) mass is 341 g/mol. The third-order valence-corrected chi connectivity index (χ3v) is 5.18. The second-order valence-electron chi connectivity index (χ2n) is 6.46. The highest BCUT2D eigenvalue weighted by Gasteiger charge is 2.33. The van der Waals surface area contributed by atoms with Crippen LogP contribution in [0.15, 0.2) is 14.6 Å². The van der Waals surface area contributed by atoms with Crippen molar-refractivity contribution in [2.24, 2.45) is 17.8 Å². The van der Waals surface area contributed by atoms with E-state index in [-0.39, 0.29) is 22.9 Å². The van der Waals surface area contributed by atoms with Crippen molar-refractivity contribution < 1.29 is 9.53 Å². The third kappa shape index (κ3) is 4.95. The predicted molar refractivity (Wildman–Crippen MR) is 87.4 cm³/mol. The van der Waals surface area contributed by atoms with Crippen LogP contribution in [0.3, 0.4) is 0 Å². The maximum absolute atomic E-state index is 12.1. The molecule has 1 fully saturated rings. The topological polar surface area (TPSA) is 105 Å². The number of nitrogens with zero attached hydrogens (tertiary/aromatic N) is 1. The molecule has 1 heterocycles. The van der Waals surface area contributed by atoms with Crippen LogP contribution in [-0.4, -0.2) is 33.0 Å². The first-order chi connectivity index (χ1) is 10.9. The summed E-state index contributed by atoms with van der Waals surface area (Å²) in [4.78, 5) is 36.6. The van der Waals surface area contributed by atoms with Crippen molar-refractivity contribution in [1.29, 1.82) is 0 Å². The smallest absolute Gasteiger partial charge is 0.342 e. The first-order valence-electron chi connectivity index (χ1n) is 7.88. The van der Waals surface area contributed by atoms with Crippen LogP contribution in [0.25, 0.3) is 0 Å². The molecule has 23 heavy (non-hydrogen) atoms. The minimum absolute atomic E-state index is 0.00216. The number of hydrogen-bond acceptors (Lipinski definition) is 6. The largest absolute Gasteiger partial charge is 0.461 e. The van der Waals surface area contributed by atoms with E-state index >= 15 is 0 Å². The summed E-state index contributed by atoms with van der Waals surface area (Å²) in [6.45, 7) is 6.48. The van der Waals surface area contributed by atoms with E-state index in [0.717, 1.165) is 24.6 Å². The van der Waals surface area contributed by atoms with Crippen LogP contribution < -0.4 is 11.2 Å². The number of aromatic nitrogens is 3. The molecule has 7 nitrogen and oxygen atoms in total. The predicted octanol–water partition coefficient (Wildman–Crippen LogP) is 1.55. The molecule has 3 atom stereocenters. The summed E-state index contributed by atoms with van der Waals surface area (Å²) in [5.74, 6) is 1.05. The molecule has 1 aliphatic rings. The Labute approximate surface area is 138 Å². The molecule has 0 bridgehead atoms. The van der Waals surface area contributed by atoms with Gasteiger partial charge in [-0.25, -0.2) is 9.89 Å². The summed E-state index contributed by atoms with van der Waals surface area (Å²) in [6, 6.07) is 0. The van der Waals surface area contributed by atoms with Crippen LogP contribution >= 0.6 is 11.8 Å². The molecule has 0 radical (unpaired) electrons. The Morgan fingerprint density at radius 1 is 1.39 bits per heavy atom. The lowest BCUT2D eigenvalue weighted by atomic mass is 9.75. The van der Waals surface area contributed by atoms with Crippen molar-refractivity contribution in [1.82, 2.24) is 15.2 Å². The molecule has 0 aliphatic heterocycles. The van der Waals surface area contributed by atoms with Crippen LogP contribution in [0.1, 0.15) is 40.0 Å². The summed E-state index contributed by atoms with van der Waals surface area (Å²) in [5.41, 5.74) is -1.27. The molecular weight excluding hydrogens is 318 g/mol. The van der Waals surface area contributed by atoms with Crippen LogP contribution in [0.5, 0.6) is 0 Å². The fourth-order valence-corrected chi connectivity index (χ4v) is 3.63. The number of H-pyrrole nitrogens is 2. The van der Waals surface area contributed by atoms with Gasteiger partial charge in [-0.05, 0) is 30.6 Å². The molecule has 0 saturated heterocycles. The van der Waals surface area contributed by atoms with E-state index in [0.29, 0.717) is 17.8 Å². The highest BCUT2D eigenvalue weighted by Crippen LogP contribution is 2.35. The standard InChI is InChI=1S/C15H23N3O4S/c1-8(2)10-5-4-9(3)6-11(10)22-12(19)7-23-14-13(20)16-15(21)18-17-14/h8-11H,4-7H2,1-3H3,(H2,16,18,20,21)/t9-,10+,11-/m1/s1. The van der Waals surface area contributed by atoms with Crippen LogP contribution in [0.2, 0.25) is 0 Å². The van der Waals surface area contributed by atoms with Crippen molar-refractivity contribution in [2.75, 3.05) is 5.75 Å². The first kappa shape index (κ1) is 17.8. The van der Waals surface area contributed by atoms with E-state index in [1.54, 1.807) is 0 Å². The van der Waals surface area contributed by atoms with Gasteiger partial charge in [-0.15, -0.1) is 0 Å². The van der Waals surface area contributed by atoms with E-state index in [9.17, 15) is 14.4 Å². The summed E-state index contributed by atoms with van der Waals surface area (Å²) in [6.07, 6.45) is 3.07. The Bertz CT molecular complexity index is 655. The molecule has 2 N–H and O–H groups in total. The zero-order valence-corrected chi connectivity index (χ0v) is 14.4. The van der Waals surface area contributed by atoms with Gasteiger partial charge < -0.3 is 4.74 Å². The lowest BCUT2D eigenvalue weighted by molar-refractivity contribution is -0.152. The average molecular weight is 341 g/mol. The minimum atomic E-state index is -0.669. The average Bonchev–Trinajstić information content (AvgIpc) is 2.46. The Hall–Kier alpha value is -1.57. The van der Waals surface area contributed by atoms with Gasteiger partial charge in [0.25, 0.3) is 5.56 Å². The van der Waals surface area contributed by atoms with Crippen LogP contribution in [0, 0.1) is 17.8 Å². The quantitative estimate of drug-likeness (QED) is 0.622. The number of thioether (sulfide) groups is 1. The van der Waals surface area contributed by atoms with Gasteiger partial charge in [0.1, 0.15) is 6.10 Å². The summed E-state index contributed by atoms with van der Waals surface area (Å²) in [5, 5.41) is 5.82. The van der Waals surface area contributed by atoms with Gasteiger partial charge >= 0.3 is 11.7 Å². The van der Waals surface area contributed by atoms with Crippen molar-refractivity contribution in [2.45, 2.75) is 51.2 Å². The molecule has 0 amide bonds. The minimum Gasteiger partial charge on any atom is -0.461 e. The molecule has 1 aliphatic carbocycles. The molecule has 2 rings (SSSR count). The normalized spacial score (nSPS) is 24.6. The van der Waals surface area contributed by atoms with Crippen LogP contribution in [0.4, 0.5) is 0 Å². The van der Waals surface area contributed by atoms with Gasteiger partial charge in [-0.2, -0.15) is 5.10 Å². The van der Waals surface area contributed by atoms with Crippen molar-refractivity contribution in [3.63, 3.8) is 0 Å². The Kier molecular flexibility index (Phi) is 6.04. The lowest BCUT2D eigenvalue weighted by Gasteiger charge is -2.36. The molecule has 1 saturated carbocycles. The zero-order chi connectivity index (χ0) is 17.0. The van der Waals surface area contributed by atoms with E-state index < -0.39 is 11.2 Å². The van der Waals surface area contributed by atoms with Gasteiger partial charge in [0, 0.05) is 0 Å². The van der Waals surface area contributed by atoms with E-state index in [2.05, 4.69) is 36.0 Å². The van der Waals surface area contributed by atoms with Gasteiger partial charge in [0.2, 0.25) is 0 Å². The molecule has 128 valence electrons. The second-order valence-corrected chi connectivity index (χ2v) is 7.42. The van der Waals surface area contributed by atoms with Crippen molar-refractivity contribution >= 4 is 17.7 Å². The fraction of sp³-hybridized carbons (Fsp3) is 0.733. The summed E-state index contributed by atoms with van der Waals surface area (Å²) < 4.78 is 5.65. The summed E-state index contributed by atoms with van der Waals surface area (Å²) >= 11 is 0.963. The number of carbonyl (C=O) groups excluding carboxylic acids is 1. The molecule has 1 aromatic heterocycles. The maximum atomic E-state index is 12.1. The zero-order valence-electron chi connectivity index (χ0n) is 13.6. The first-order valence-corrected chi connectivity index (χ1v) is 8.86. The molecule has 1 aromatic rings. The van der Waals surface area contributed by atoms with Gasteiger partial charge in [0.05, 0.1) is 5.75 Å². The number of esters is 1. The Morgan fingerprint density at radius 2 is 2.13 bits per heavy atom. The second kappa shape index (κ2) is 7.81. The lowest BCUT2D eigenvalue weighted by Crippen LogP contribution is -2.36. The number of carbonyl (C=O) groups is 1. The van der Waals surface area contributed by atoms with E-state index in [1.165, 1.54) is 6.42 Å². The third-order valence-electron chi connectivity index (χ3n) is 4.25. The number of hydrogen-bond donors (Lipinski definition) is 2. The van der Waals surface area contributed by atoms with Gasteiger partial charge in [-0.1, -0.05) is 39.0 Å². The van der Waals surface area contributed by atoms with Gasteiger partial charge in [0.15, 0.2) is 5.03 Å². The van der Waals surface area contributed by atoms with E-state index in [4.69, 9.17) is 4.74 Å².